The summed E-state index contributed by atoms with van der Waals surface area (Å²) >= 11 is 0. The molecule has 0 radical (unpaired) electrons. The van der Waals surface area contributed by atoms with Gasteiger partial charge >= 0.3 is 0 Å². The molecule has 14 heavy (non-hydrogen) atoms. The number of nitrogens with zero attached hydrogens (tertiary/aromatic N) is 2. The fourth-order valence-electron chi connectivity index (χ4n) is 2.25. The number of rotatable bonds is 1. The molecule has 1 aliphatic heterocycles. The van der Waals surface area contributed by atoms with E-state index < -0.39 is 0 Å². The van der Waals surface area contributed by atoms with Crippen molar-refractivity contribution in [1.29, 1.82) is 0 Å². The van der Waals surface area contributed by atoms with Crippen molar-refractivity contribution < 1.29 is 0 Å². The van der Waals surface area contributed by atoms with Gasteiger partial charge in [-0.15, -0.1) is 0 Å². The van der Waals surface area contributed by atoms with E-state index in [-0.39, 0.29) is 0 Å². The first-order chi connectivity index (χ1) is 6.70. The van der Waals surface area contributed by atoms with E-state index in [9.17, 15) is 0 Å². The van der Waals surface area contributed by atoms with Gasteiger partial charge in [-0.1, -0.05) is 6.92 Å². The van der Waals surface area contributed by atoms with E-state index in [4.69, 9.17) is 0 Å². The third-order valence-electron chi connectivity index (χ3n) is 3.34. The zero-order valence-corrected chi connectivity index (χ0v) is 9.25. The van der Waals surface area contributed by atoms with Crippen LogP contribution in [-0.4, -0.2) is 16.1 Å². The molecule has 1 N–H and O–H groups in total. The minimum atomic E-state index is 0.495. The first-order valence-electron chi connectivity index (χ1n) is 5.41. The third-order valence-corrected chi connectivity index (χ3v) is 3.34. The lowest BCUT2D eigenvalue weighted by atomic mass is 9.91. The number of hydrogen-bond donors (Lipinski definition) is 1. The van der Waals surface area contributed by atoms with Crippen molar-refractivity contribution in [3.8, 4) is 0 Å². The average Bonchev–Trinajstić information content (AvgIpc) is 2.49. The molecule has 1 aromatic rings. The summed E-state index contributed by atoms with van der Waals surface area (Å²) in [4.78, 5) is 4.35. The number of hydrogen-bond acceptors (Lipinski definition) is 2. The van der Waals surface area contributed by atoms with E-state index >= 15 is 0 Å². The quantitative estimate of drug-likeness (QED) is 0.737. The predicted molar refractivity (Wildman–Crippen MR) is 57.1 cm³/mol. The first-order valence-corrected chi connectivity index (χ1v) is 5.41. The van der Waals surface area contributed by atoms with Crippen molar-refractivity contribution in [2.45, 2.75) is 32.7 Å². The first kappa shape index (κ1) is 9.71. The molecule has 1 aromatic heterocycles. The number of nitrogens with one attached hydrogen (secondary N) is 1. The van der Waals surface area contributed by atoms with Gasteiger partial charge in [0.05, 0.1) is 17.9 Å². The molecule has 1 fully saturated rings. The second-order valence-corrected chi connectivity index (χ2v) is 4.34. The van der Waals surface area contributed by atoms with Crippen LogP contribution >= 0.6 is 0 Å². The van der Waals surface area contributed by atoms with Crippen molar-refractivity contribution in [2.75, 3.05) is 6.54 Å². The van der Waals surface area contributed by atoms with Crippen molar-refractivity contribution in [3.05, 3.63) is 17.7 Å². The van der Waals surface area contributed by atoms with Crippen LogP contribution in [0.4, 0.5) is 0 Å². The molecule has 2 unspecified atom stereocenters. The maximum absolute atomic E-state index is 4.35. The van der Waals surface area contributed by atoms with Gasteiger partial charge in [0.15, 0.2) is 0 Å². The van der Waals surface area contributed by atoms with Gasteiger partial charge in [-0.3, -0.25) is 0 Å². The summed E-state index contributed by atoms with van der Waals surface area (Å²) in [5, 5.41) is 3.58. The molecule has 0 aliphatic carbocycles. The van der Waals surface area contributed by atoms with Crippen molar-refractivity contribution in [2.24, 2.45) is 13.0 Å². The van der Waals surface area contributed by atoms with Crippen molar-refractivity contribution in [1.82, 2.24) is 14.9 Å². The second kappa shape index (κ2) is 3.73. The highest BCUT2D eigenvalue weighted by atomic mass is 15.1. The molecule has 0 spiro atoms. The van der Waals surface area contributed by atoms with Gasteiger partial charge in [0.25, 0.3) is 0 Å². The summed E-state index contributed by atoms with van der Waals surface area (Å²) in [6.07, 6.45) is 4.63. The molecule has 0 aromatic carbocycles. The Labute approximate surface area is 85.5 Å². The van der Waals surface area contributed by atoms with Crippen LogP contribution in [-0.2, 0) is 7.05 Å². The van der Waals surface area contributed by atoms with Crippen LogP contribution in [0.2, 0.25) is 0 Å². The molecular weight excluding hydrogens is 174 g/mol. The summed E-state index contributed by atoms with van der Waals surface area (Å²) in [5.74, 6) is 1.82. The normalized spacial score (nSPS) is 27.9. The number of aryl methyl sites for hydroxylation is 1. The molecule has 78 valence electrons. The van der Waals surface area contributed by atoms with E-state index in [1.54, 1.807) is 0 Å². The summed E-state index contributed by atoms with van der Waals surface area (Å²) < 4.78 is 2.19. The Morgan fingerprint density at radius 1 is 1.57 bits per heavy atom. The van der Waals surface area contributed by atoms with Gasteiger partial charge in [0.1, 0.15) is 5.82 Å². The van der Waals surface area contributed by atoms with Gasteiger partial charge in [-0.2, -0.15) is 0 Å². The van der Waals surface area contributed by atoms with E-state index in [1.165, 1.54) is 18.5 Å². The molecular formula is C11H19N3. The molecule has 1 saturated heterocycles. The smallest absolute Gasteiger partial charge is 0.105 e. The number of aromatic nitrogens is 2. The van der Waals surface area contributed by atoms with E-state index in [0.29, 0.717) is 6.04 Å². The summed E-state index contributed by atoms with van der Waals surface area (Å²) in [6.45, 7) is 5.51. The van der Waals surface area contributed by atoms with E-state index in [2.05, 4.69) is 35.8 Å². The van der Waals surface area contributed by atoms with Crippen molar-refractivity contribution >= 4 is 0 Å². The minimum Gasteiger partial charge on any atom is -0.334 e. The van der Waals surface area contributed by atoms with Gasteiger partial charge < -0.3 is 9.88 Å². The van der Waals surface area contributed by atoms with Gasteiger partial charge in [0.2, 0.25) is 0 Å². The standard InChI is InChI=1S/C11H19N3/c1-8-5-4-6-12-11(8)10-7-13-9(2)14(10)3/h7-8,11-12H,4-6H2,1-3H3. The fraction of sp³-hybridized carbons (Fsp3) is 0.727. The Morgan fingerprint density at radius 3 is 2.93 bits per heavy atom. The summed E-state index contributed by atoms with van der Waals surface area (Å²) in [6, 6.07) is 0.495. The SMILES string of the molecule is Cc1ncc(C2NCCCC2C)n1C. The van der Waals surface area contributed by atoms with Crippen LogP contribution < -0.4 is 5.32 Å². The maximum atomic E-state index is 4.35. The third kappa shape index (κ3) is 1.57. The maximum Gasteiger partial charge on any atom is 0.105 e. The van der Waals surface area contributed by atoms with Crippen LogP contribution in [0.1, 0.15) is 37.3 Å². The molecule has 0 bridgehead atoms. The highest BCUT2D eigenvalue weighted by Gasteiger charge is 2.24. The van der Waals surface area contributed by atoms with Gasteiger partial charge in [0, 0.05) is 7.05 Å². The van der Waals surface area contributed by atoms with Crippen LogP contribution in [0.3, 0.4) is 0 Å². The molecule has 1 aliphatic rings. The second-order valence-electron chi connectivity index (χ2n) is 4.34. The van der Waals surface area contributed by atoms with Crippen LogP contribution in [0.25, 0.3) is 0 Å². The molecule has 2 rings (SSSR count). The summed E-state index contributed by atoms with van der Waals surface area (Å²) in [5.41, 5.74) is 1.33. The Balaban J connectivity index is 2.24. The Kier molecular flexibility index (Phi) is 2.59. The molecule has 2 heterocycles. The topological polar surface area (TPSA) is 29.9 Å². The zero-order chi connectivity index (χ0) is 10.1. The molecule has 2 atom stereocenters. The van der Waals surface area contributed by atoms with Gasteiger partial charge in [-0.05, 0) is 32.2 Å². The number of imidazole rings is 1. The zero-order valence-electron chi connectivity index (χ0n) is 9.25. The largest absolute Gasteiger partial charge is 0.334 e. The Bertz CT molecular complexity index is 316. The summed E-state index contributed by atoms with van der Waals surface area (Å²) in [7, 11) is 2.10. The monoisotopic (exact) mass is 193 g/mol. The van der Waals surface area contributed by atoms with Crippen LogP contribution in [0.5, 0.6) is 0 Å². The highest BCUT2D eigenvalue weighted by Crippen LogP contribution is 2.28. The average molecular weight is 193 g/mol. The molecule has 0 amide bonds. The number of piperidine rings is 1. The Hall–Kier alpha value is -0.830. The Morgan fingerprint density at radius 2 is 2.36 bits per heavy atom. The lowest BCUT2D eigenvalue weighted by Gasteiger charge is -2.30. The van der Waals surface area contributed by atoms with Crippen LogP contribution in [0.15, 0.2) is 6.20 Å². The molecule has 0 saturated carbocycles. The highest BCUT2D eigenvalue weighted by molar-refractivity contribution is 5.11. The van der Waals surface area contributed by atoms with E-state index in [1.807, 2.05) is 6.20 Å². The molecule has 3 nitrogen and oxygen atoms in total. The lowest BCUT2D eigenvalue weighted by Crippen LogP contribution is -2.34. The van der Waals surface area contributed by atoms with E-state index in [0.717, 1.165) is 18.3 Å². The molecule has 3 heteroatoms. The predicted octanol–water partition coefficient (Wildman–Crippen LogP) is 1.79. The fourth-order valence-corrected chi connectivity index (χ4v) is 2.25. The minimum absolute atomic E-state index is 0.495. The van der Waals surface area contributed by atoms with Gasteiger partial charge in [-0.25, -0.2) is 4.98 Å². The van der Waals surface area contributed by atoms with Crippen molar-refractivity contribution in [3.63, 3.8) is 0 Å². The van der Waals surface area contributed by atoms with Crippen LogP contribution in [0, 0.1) is 12.8 Å². The lowest BCUT2D eigenvalue weighted by molar-refractivity contribution is 0.296.